The molecule has 0 atom stereocenters. The molecule has 0 fully saturated rings. The van der Waals surface area contributed by atoms with Crippen LogP contribution in [0.3, 0.4) is 0 Å². The minimum Gasteiger partial charge on any atom is -0.488 e. The van der Waals surface area contributed by atoms with Gasteiger partial charge in [-0.1, -0.05) is 10.3 Å². The molecule has 1 aliphatic carbocycles. The van der Waals surface area contributed by atoms with Gasteiger partial charge in [0.2, 0.25) is 5.75 Å². The van der Waals surface area contributed by atoms with E-state index in [0.717, 1.165) is 21.7 Å². The molecule has 0 bridgehead atoms. The van der Waals surface area contributed by atoms with Crippen LogP contribution in [-0.2, 0) is 0 Å². The Morgan fingerprint density at radius 3 is 3.00 bits per heavy atom. The molecule has 0 saturated carbocycles. The number of aromatic nitrogens is 1. The summed E-state index contributed by atoms with van der Waals surface area (Å²) in [6.07, 6.45) is 0. The molecule has 0 aromatic carbocycles. The SMILES string of the molecule is COc1cc2nssc-2cc1=[O+]C. The van der Waals surface area contributed by atoms with E-state index in [-0.39, 0.29) is 0 Å². The van der Waals surface area contributed by atoms with Crippen LogP contribution in [0.1, 0.15) is 0 Å². The first-order valence-corrected chi connectivity index (χ1v) is 5.76. The quantitative estimate of drug-likeness (QED) is 0.536. The average Bonchev–Trinajstić information content (AvgIpc) is 2.62. The van der Waals surface area contributed by atoms with Gasteiger partial charge >= 0.3 is 5.43 Å². The number of methoxy groups -OCH3 is 1. The lowest BCUT2D eigenvalue weighted by Crippen LogP contribution is -2.06. The van der Waals surface area contributed by atoms with Gasteiger partial charge in [-0.05, 0) is 0 Å². The zero-order chi connectivity index (χ0) is 9.26. The molecule has 1 heterocycles. The van der Waals surface area contributed by atoms with Crippen LogP contribution in [0.4, 0.5) is 0 Å². The monoisotopic (exact) mass is 214 g/mol. The molecular weight excluding hydrogens is 206 g/mol. The number of hydrogen-bond donors (Lipinski definition) is 0. The van der Waals surface area contributed by atoms with E-state index >= 15 is 0 Å². The highest BCUT2D eigenvalue weighted by Crippen LogP contribution is 2.28. The molecular formula is C8H8NO2S2+. The van der Waals surface area contributed by atoms with Gasteiger partial charge in [0.15, 0.2) is 0 Å². The summed E-state index contributed by atoms with van der Waals surface area (Å²) in [6, 6.07) is 3.84. The summed E-state index contributed by atoms with van der Waals surface area (Å²) in [5.41, 5.74) is 1.72. The molecule has 3 nitrogen and oxygen atoms in total. The van der Waals surface area contributed by atoms with Crippen molar-refractivity contribution >= 4 is 20.9 Å². The molecule has 1 aliphatic heterocycles. The highest BCUT2D eigenvalue weighted by atomic mass is 32.9. The van der Waals surface area contributed by atoms with Gasteiger partial charge in [0.05, 0.1) is 23.7 Å². The zero-order valence-electron chi connectivity index (χ0n) is 7.23. The van der Waals surface area contributed by atoms with Crippen molar-refractivity contribution in [1.82, 2.24) is 4.37 Å². The Bertz CT molecular complexity index is 446. The Hall–Kier alpha value is -0.940. The number of nitrogens with zero attached hydrogens (tertiary/aromatic N) is 1. The zero-order valence-corrected chi connectivity index (χ0v) is 8.87. The molecule has 0 saturated heterocycles. The van der Waals surface area contributed by atoms with Crippen molar-refractivity contribution in [2.45, 2.75) is 0 Å². The molecule has 0 unspecified atom stereocenters. The molecule has 0 radical (unpaired) electrons. The molecule has 0 aromatic heterocycles. The van der Waals surface area contributed by atoms with Gasteiger partial charge in [-0.15, -0.1) is 0 Å². The summed E-state index contributed by atoms with van der Waals surface area (Å²) in [4.78, 5) is 1.13. The molecule has 68 valence electrons. The molecule has 0 amide bonds. The molecule has 2 aliphatic rings. The van der Waals surface area contributed by atoms with Gasteiger partial charge in [0.25, 0.3) is 7.11 Å². The Morgan fingerprint density at radius 2 is 2.31 bits per heavy atom. The van der Waals surface area contributed by atoms with Crippen LogP contribution < -0.4 is 10.2 Å². The highest BCUT2D eigenvalue weighted by molar-refractivity contribution is 7.68. The van der Waals surface area contributed by atoms with Gasteiger partial charge < -0.3 is 4.74 Å². The van der Waals surface area contributed by atoms with Crippen molar-refractivity contribution in [3.05, 3.63) is 22.0 Å². The number of benzene rings is 1. The summed E-state index contributed by atoms with van der Waals surface area (Å²) < 4.78 is 14.6. The molecule has 2 rings (SSSR count). The van der Waals surface area contributed by atoms with Crippen LogP contribution in [0, 0.1) is 0 Å². The number of fused-ring (bicyclic) bond motifs is 1. The molecule has 13 heavy (non-hydrogen) atoms. The minimum absolute atomic E-state index is 0.730. The summed E-state index contributed by atoms with van der Waals surface area (Å²) in [5, 5.41) is 0. The van der Waals surface area contributed by atoms with Gasteiger partial charge in [-0.2, -0.15) is 4.37 Å². The van der Waals surface area contributed by atoms with Crippen molar-refractivity contribution in [2.75, 3.05) is 14.2 Å². The predicted octanol–water partition coefficient (Wildman–Crippen LogP) is 1.84. The van der Waals surface area contributed by atoms with Crippen molar-refractivity contribution in [3.63, 3.8) is 0 Å². The first-order valence-electron chi connectivity index (χ1n) is 3.66. The number of hydrogen-bond acceptors (Lipinski definition) is 4. The number of rotatable bonds is 1. The Kier molecular flexibility index (Phi) is 2.28. The van der Waals surface area contributed by atoms with Gasteiger partial charge in [0.1, 0.15) is 0 Å². The van der Waals surface area contributed by atoms with Crippen molar-refractivity contribution in [1.29, 1.82) is 0 Å². The largest absolute Gasteiger partial charge is 0.488 e. The average molecular weight is 214 g/mol. The Labute approximate surface area is 82.8 Å². The maximum Gasteiger partial charge on any atom is 0.386 e. The van der Waals surface area contributed by atoms with E-state index in [1.807, 2.05) is 12.1 Å². The second kappa shape index (κ2) is 3.43. The molecule has 0 spiro atoms. The highest BCUT2D eigenvalue weighted by Gasteiger charge is 2.14. The van der Waals surface area contributed by atoms with Crippen molar-refractivity contribution < 1.29 is 4.74 Å². The molecule has 5 heteroatoms. The van der Waals surface area contributed by atoms with E-state index in [2.05, 4.69) is 4.37 Å². The van der Waals surface area contributed by atoms with E-state index in [1.165, 1.54) is 10.5 Å². The fraction of sp³-hybridized carbons (Fsp3) is 0.250. The fourth-order valence-corrected chi connectivity index (χ4v) is 2.83. The third kappa shape index (κ3) is 1.45. The fourth-order valence-electron chi connectivity index (χ4n) is 1.09. The smallest absolute Gasteiger partial charge is 0.386 e. The first-order chi connectivity index (χ1) is 6.35. The third-order valence-electron chi connectivity index (χ3n) is 1.73. The summed E-state index contributed by atoms with van der Waals surface area (Å²) >= 11 is 0. The van der Waals surface area contributed by atoms with Crippen molar-refractivity contribution in [2.24, 2.45) is 0 Å². The standard InChI is InChI=1S/C8H8NO2S2/c1-10-6-3-5-8(12-13-9-5)4-7(6)11-2/h3-4H,1-2H3/q+1. The predicted molar refractivity (Wildman–Crippen MR) is 55.4 cm³/mol. The van der Waals surface area contributed by atoms with Crippen LogP contribution in [-0.4, -0.2) is 18.6 Å². The van der Waals surface area contributed by atoms with Crippen LogP contribution in [0.15, 0.2) is 16.6 Å². The van der Waals surface area contributed by atoms with Crippen LogP contribution in [0.25, 0.3) is 10.6 Å². The maximum absolute atomic E-state index is 5.17. The van der Waals surface area contributed by atoms with Crippen LogP contribution >= 0.6 is 20.9 Å². The van der Waals surface area contributed by atoms with Gasteiger partial charge in [-0.3, -0.25) is 4.42 Å². The van der Waals surface area contributed by atoms with E-state index in [4.69, 9.17) is 9.16 Å². The van der Waals surface area contributed by atoms with Gasteiger partial charge in [-0.25, -0.2) is 0 Å². The summed E-state index contributed by atoms with van der Waals surface area (Å²) in [5.74, 6) is 0.730. The van der Waals surface area contributed by atoms with Crippen molar-refractivity contribution in [3.8, 4) is 16.3 Å². The third-order valence-corrected chi connectivity index (χ3v) is 3.57. The molecule has 0 N–H and O–H groups in total. The van der Waals surface area contributed by atoms with Gasteiger partial charge in [0, 0.05) is 16.6 Å². The molecule has 0 aromatic rings. The van der Waals surface area contributed by atoms with E-state index in [0.29, 0.717) is 0 Å². The van der Waals surface area contributed by atoms with E-state index in [9.17, 15) is 0 Å². The lowest BCUT2D eigenvalue weighted by atomic mass is 10.2. The normalized spacial score (nSPS) is 12.3. The lowest BCUT2D eigenvalue weighted by molar-refractivity contribution is 0.410. The summed E-state index contributed by atoms with van der Waals surface area (Å²) in [7, 11) is 6.36. The topological polar surface area (TPSA) is 33.4 Å². The summed E-state index contributed by atoms with van der Waals surface area (Å²) in [6.45, 7) is 0. The minimum atomic E-state index is 0.730. The Morgan fingerprint density at radius 1 is 1.46 bits per heavy atom. The van der Waals surface area contributed by atoms with Crippen LogP contribution in [0.5, 0.6) is 5.75 Å². The second-order valence-corrected chi connectivity index (χ2v) is 4.31. The second-order valence-electron chi connectivity index (χ2n) is 2.42. The lowest BCUT2D eigenvalue weighted by Gasteiger charge is -1.96. The first kappa shape index (κ1) is 8.65. The van der Waals surface area contributed by atoms with Crippen LogP contribution in [0.2, 0.25) is 0 Å². The van der Waals surface area contributed by atoms with E-state index in [1.54, 1.807) is 24.6 Å². The number of ether oxygens (including phenoxy) is 1. The maximum atomic E-state index is 5.17. The Balaban J connectivity index is 2.77. The van der Waals surface area contributed by atoms with E-state index < -0.39 is 0 Å².